The minimum atomic E-state index is -0.354. The maximum Gasteiger partial charge on any atom is 0.228 e. The zero-order valence-corrected chi connectivity index (χ0v) is 10.8. The summed E-state index contributed by atoms with van der Waals surface area (Å²) in [6.45, 7) is 1.75. The van der Waals surface area contributed by atoms with Crippen molar-refractivity contribution in [1.82, 2.24) is 0 Å². The van der Waals surface area contributed by atoms with Crippen LogP contribution < -0.4 is 5.73 Å². The van der Waals surface area contributed by atoms with Crippen LogP contribution in [0, 0.1) is 12.7 Å². The molecule has 3 rings (SSSR count). The molecule has 100 valence electrons. The molecule has 0 atom stereocenters. The second-order valence-electron chi connectivity index (χ2n) is 4.65. The normalized spacial score (nSPS) is 10.9. The molecule has 0 aliphatic carbocycles. The highest BCUT2D eigenvalue weighted by Gasteiger charge is 2.19. The highest BCUT2D eigenvalue weighted by atomic mass is 19.1. The van der Waals surface area contributed by atoms with Crippen LogP contribution in [-0.2, 0) is 0 Å². The van der Waals surface area contributed by atoms with Crippen molar-refractivity contribution in [2.45, 2.75) is 6.92 Å². The van der Waals surface area contributed by atoms with Gasteiger partial charge in [-0.15, -0.1) is 0 Å². The van der Waals surface area contributed by atoms with E-state index in [0.717, 1.165) is 0 Å². The highest BCUT2D eigenvalue weighted by Crippen LogP contribution is 2.27. The molecule has 0 saturated heterocycles. The van der Waals surface area contributed by atoms with Gasteiger partial charge in [-0.25, -0.2) is 4.39 Å². The molecule has 0 aliphatic rings. The predicted octanol–water partition coefficient (Wildman–Crippen LogP) is 3.69. The van der Waals surface area contributed by atoms with E-state index in [1.54, 1.807) is 31.2 Å². The van der Waals surface area contributed by atoms with E-state index >= 15 is 0 Å². The van der Waals surface area contributed by atoms with Crippen LogP contribution >= 0.6 is 0 Å². The number of ketones is 1. The first kappa shape index (κ1) is 12.4. The number of rotatable bonds is 2. The number of anilines is 1. The molecule has 2 N–H and O–H groups in total. The molecular weight excluding hydrogens is 257 g/mol. The van der Waals surface area contributed by atoms with Crippen LogP contribution in [0.2, 0.25) is 0 Å². The van der Waals surface area contributed by atoms with Crippen molar-refractivity contribution >= 4 is 22.4 Å². The molecule has 0 aliphatic heterocycles. The van der Waals surface area contributed by atoms with E-state index in [-0.39, 0.29) is 17.4 Å². The van der Waals surface area contributed by atoms with Gasteiger partial charge in [0.15, 0.2) is 5.76 Å². The Morgan fingerprint density at radius 1 is 1.15 bits per heavy atom. The van der Waals surface area contributed by atoms with Gasteiger partial charge < -0.3 is 10.2 Å². The van der Waals surface area contributed by atoms with Gasteiger partial charge in [0.25, 0.3) is 0 Å². The van der Waals surface area contributed by atoms with Crippen molar-refractivity contribution in [2.24, 2.45) is 0 Å². The third-order valence-electron chi connectivity index (χ3n) is 3.28. The van der Waals surface area contributed by atoms with Crippen LogP contribution in [0.3, 0.4) is 0 Å². The topological polar surface area (TPSA) is 56.2 Å². The van der Waals surface area contributed by atoms with E-state index in [9.17, 15) is 9.18 Å². The smallest absolute Gasteiger partial charge is 0.228 e. The van der Waals surface area contributed by atoms with Gasteiger partial charge in [0, 0.05) is 22.2 Å². The lowest BCUT2D eigenvalue weighted by Gasteiger charge is -1.99. The molecule has 20 heavy (non-hydrogen) atoms. The van der Waals surface area contributed by atoms with Crippen LogP contribution in [-0.4, -0.2) is 5.78 Å². The molecule has 0 saturated carbocycles. The monoisotopic (exact) mass is 269 g/mol. The van der Waals surface area contributed by atoms with E-state index in [2.05, 4.69) is 0 Å². The molecule has 0 radical (unpaired) electrons. The quantitative estimate of drug-likeness (QED) is 0.570. The van der Waals surface area contributed by atoms with Gasteiger partial charge >= 0.3 is 0 Å². The summed E-state index contributed by atoms with van der Waals surface area (Å²) < 4.78 is 18.8. The first-order valence-corrected chi connectivity index (χ1v) is 6.15. The minimum absolute atomic E-state index is 0.232. The lowest BCUT2D eigenvalue weighted by atomic mass is 10.0. The molecule has 3 nitrogen and oxygen atoms in total. The Balaban J connectivity index is 2.12. The van der Waals surface area contributed by atoms with Crippen LogP contribution in [0.4, 0.5) is 10.1 Å². The summed E-state index contributed by atoms with van der Waals surface area (Å²) in [6, 6.07) is 10.8. The number of aryl methyl sites for hydroxylation is 1. The summed E-state index contributed by atoms with van der Waals surface area (Å²) >= 11 is 0. The number of carbonyl (C=O) groups is 1. The van der Waals surface area contributed by atoms with Gasteiger partial charge in [-0.2, -0.15) is 0 Å². The fourth-order valence-corrected chi connectivity index (χ4v) is 2.18. The van der Waals surface area contributed by atoms with Crippen LogP contribution in [0.1, 0.15) is 21.7 Å². The number of nitrogens with two attached hydrogens (primary N) is 1. The predicted molar refractivity (Wildman–Crippen MR) is 75.2 cm³/mol. The Bertz CT molecular complexity index is 803. The third kappa shape index (κ3) is 1.95. The SMILES string of the molecule is Cc1c(C(=O)c2ccc(N)cc2)oc2ccc(F)cc12. The van der Waals surface area contributed by atoms with E-state index in [0.29, 0.717) is 27.8 Å². The number of hydrogen-bond acceptors (Lipinski definition) is 3. The van der Waals surface area contributed by atoms with Gasteiger partial charge in [-0.1, -0.05) is 0 Å². The Hall–Kier alpha value is -2.62. The number of carbonyl (C=O) groups excluding carboxylic acids is 1. The van der Waals surface area contributed by atoms with Gasteiger partial charge in [-0.3, -0.25) is 4.79 Å². The molecule has 0 bridgehead atoms. The van der Waals surface area contributed by atoms with E-state index in [1.807, 2.05) is 0 Å². The fourth-order valence-electron chi connectivity index (χ4n) is 2.18. The third-order valence-corrected chi connectivity index (χ3v) is 3.28. The molecule has 3 aromatic rings. The Morgan fingerprint density at radius 2 is 1.85 bits per heavy atom. The molecule has 0 fully saturated rings. The highest BCUT2D eigenvalue weighted by molar-refractivity contribution is 6.10. The van der Waals surface area contributed by atoms with Gasteiger partial charge in [0.05, 0.1) is 0 Å². The van der Waals surface area contributed by atoms with Crippen LogP contribution in [0.15, 0.2) is 46.9 Å². The number of halogens is 1. The lowest BCUT2D eigenvalue weighted by Crippen LogP contribution is -2.01. The van der Waals surface area contributed by atoms with Crippen molar-refractivity contribution in [1.29, 1.82) is 0 Å². The van der Waals surface area contributed by atoms with Crippen molar-refractivity contribution in [2.75, 3.05) is 5.73 Å². The first-order chi connectivity index (χ1) is 9.56. The molecule has 0 spiro atoms. The Kier molecular flexibility index (Phi) is 2.79. The number of furan rings is 1. The molecule has 0 amide bonds. The van der Waals surface area contributed by atoms with E-state index in [4.69, 9.17) is 10.2 Å². The molecule has 1 aromatic heterocycles. The van der Waals surface area contributed by atoms with Gasteiger partial charge in [-0.05, 0) is 49.4 Å². The average molecular weight is 269 g/mol. The summed E-state index contributed by atoms with van der Waals surface area (Å²) in [5, 5.41) is 0.615. The zero-order valence-electron chi connectivity index (χ0n) is 10.8. The maximum atomic E-state index is 13.3. The Morgan fingerprint density at radius 3 is 2.55 bits per heavy atom. The fraction of sp³-hybridized carbons (Fsp3) is 0.0625. The zero-order chi connectivity index (χ0) is 14.3. The van der Waals surface area contributed by atoms with E-state index < -0.39 is 0 Å². The number of nitrogen functional groups attached to an aromatic ring is 1. The maximum absolute atomic E-state index is 13.3. The van der Waals surface area contributed by atoms with Crippen molar-refractivity contribution < 1.29 is 13.6 Å². The molecular formula is C16H12FNO2. The summed E-state index contributed by atoms with van der Waals surface area (Å²) in [5.74, 6) is -0.359. The second kappa shape index (κ2) is 4.49. The molecule has 0 unspecified atom stereocenters. The first-order valence-electron chi connectivity index (χ1n) is 6.15. The number of hydrogen-bond donors (Lipinski definition) is 1. The standard InChI is InChI=1S/C16H12FNO2/c1-9-13-8-11(17)4-7-14(13)20-16(9)15(19)10-2-5-12(18)6-3-10/h2-8H,18H2,1H3. The minimum Gasteiger partial charge on any atom is -0.452 e. The molecule has 4 heteroatoms. The summed E-state index contributed by atoms with van der Waals surface area (Å²) in [4.78, 5) is 12.4. The lowest BCUT2D eigenvalue weighted by molar-refractivity contribution is 0.101. The Labute approximate surface area is 114 Å². The summed E-state index contributed by atoms with van der Waals surface area (Å²) in [5.41, 5.74) is 7.82. The molecule has 2 aromatic carbocycles. The number of benzene rings is 2. The van der Waals surface area contributed by atoms with Gasteiger partial charge in [0.2, 0.25) is 5.78 Å². The van der Waals surface area contributed by atoms with Crippen molar-refractivity contribution in [3.63, 3.8) is 0 Å². The van der Waals surface area contributed by atoms with Crippen LogP contribution in [0.5, 0.6) is 0 Å². The molecule has 1 heterocycles. The number of fused-ring (bicyclic) bond motifs is 1. The van der Waals surface area contributed by atoms with Crippen molar-refractivity contribution in [3.05, 3.63) is 65.2 Å². The second-order valence-corrected chi connectivity index (χ2v) is 4.65. The van der Waals surface area contributed by atoms with Gasteiger partial charge in [0.1, 0.15) is 11.4 Å². The van der Waals surface area contributed by atoms with Crippen molar-refractivity contribution in [3.8, 4) is 0 Å². The van der Waals surface area contributed by atoms with E-state index in [1.165, 1.54) is 18.2 Å². The van der Waals surface area contributed by atoms with Crippen LogP contribution in [0.25, 0.3) is 11.0 Å². The largest absolute Gasteiger partial charge is 0.452 e. The summed E-state index contributed by atoms with van der Waals surface area (Å²) in [7, 11) is 0. The summed E-state index contributed by atoms with van der Waals surface area (Å²) in [6.07, 6.45) is 0. The average Bonchev–Trinajstić information content (AvgIpc) is 2.76.